The van der Waals surface area contributed by atoms with Crippen molar-refractivity contribution in [2.75, 3.05) is 0 Å². The average Bonchev–Trinajstić information content (AvgIpc) is 2.61. The number of rotatable bonds is 2. The first-order chi connectivity index (χ1) is 11.3. The van der Waals surface area contributed by atoms with Crippen LogP contribution in [0, 0.1) is 11.8 Å². The van der Waals surface area contributed by atoms with Gasteiger partial charge in [0.25, 0.3) is 0 Å². The Morgan fingerprint density at radius 3 is 1.48 bits per heavy atom. The molecule has 112 valence electrons. The zero-order valence-electron chi connectivity index (χ0n) is 13.2. The minimum atomic E-state index is 0.890. The van der Waals surface area contributed by atoms with Crippen LogP contribution in [0.3, 0.4) is 0 Å². The first-order valence-electron chi connectivity index (χ1n) is 7.81. The highest BCUT2D eigenvalue weighted by molar-refractivity contribution is 7.27. The fourth-order valence-electron chi connectivity index (χ4n) is 2.47. The Labute approximate surface area is 140 Å². The molecule has 0 amide bonds. The number of hydrogen-bond donors (Lipinski definition) is 0. The van der Waals surface area contributed by atoms with Crippen LogP contribution in [-0.4, -0.2) is 0 Å². The lowest BCUT2D eigenvalue weighted by atomic mass is 10.00. The van der Waals surface area contributed by atoms with E-state index < -0.39 is 0 Å². The second-order valence-electron chi connectivity index (χ2n) is 5.43. The van der Waals surface area contributed by atoms with Crippen LogP contribution < -0.4 is 5.30 Å². The Hall–Kier alpha value is -2.35. The Balaban J connectivity index is 1.83. The Bertz CT molecular complexity index is 830. The Morgan fingerprint density at radius 1 is 0.652 bits per heavy atom. The first kappa shape index (κ1) is 15.5. The van der Waals surface area contributed by atoms with Gasteiger partial charge in [-0.15, -0.1) is 9.24 Å². The summed E-state index contributed by atoms with van der Waals surface area (Å²) in [5.41, 5.74) is 6.01. The number of benzene rings is 3. The summed E-state index contributed by atoms with van der Waals surface area (Å²) in [6.45, 7) is 2.07. The summed E-state index contributed by atoms with van der Waals surface area (Å²) in [7, 11) is 2.72. The largest absolute Gasteiger partial charge is 0.106 e. The summed E-state index contributed by atoms with van der Waals surface area (Å²) in [5.74, 6) is 6.26. The van der Waals surface area contributed by atoms with E-state index in [2.05, 4.69) is 101 Å². The van der Waals surface area contributed by atoms with Crippen molar-refractivity contribution in [2.24, 2.45) is 0 Å². The molecule has 3 rings (SSSR count). The smallest absolute Gasteiger partial charge is 0.0245 e. The van der Waals surface area contributed by atoms with Gasteiger partial charge in [0.1, 0.15) is 0 Å². The maximum absolute atomic E-state index is 3.16. The van der Waals surface area contributed by atoms with Crippen molar-refractivity contribution in [2.45, 2.75) is 13.3 Å². The topological polar surface area (TPSA) is 0 Å². The third-order valence-electron chi connectivity index (χ3n) is 3.76. The molecule has 3 aromatic carbocycles. The quantitative estimate of drug-likeness (QED) is 0.446. The minimum absolute atomic E-state index is 0.890. The molecule has 3 aromatic rings. The van der Waals surface area contributed by atoms with E-state index in [1.807, 2.05) is 0 Å². The summed E-state index contributed by atoms with van der Waals surface area (Å²) in [6.07, 6.45) is 0.890. The maximum atomic E-state index is 3.16. The lowest BCUT2D eigenvalue weighted by Crippen LogP contribution is -1.88. The molecule has 0 nitrogen and oxygen atoms in total. The monoisotopic (exact) mass is 314 g/mol. The fraction of sp³-hybridized carbons (Fsp3) is 0.0909. The van der Waals surface area contributed by atoms with Crippen LogP contribution in [0.25, 0.3) is 22.3 Å². The minimum Gasteiger partial charge on any atom is -0.106 e. The van der Waals surface area contributed by atoms with E-state index in [9.17, 15) is 0 Å². The van der Waals surface area contributed by atoms with Crippen LogP contribution in [0.2, 0.25) is 0 Å². The van der Waals surface area contributed by atoms with Crippen LogP contribution in [0.15, 0.2) is 72.8 Å². The van der Waals surface area contributed by atoms with E-state index in [1.54, 1.807) is 0 Å². The van der Waals surface area contributed by atoms with Crippen molar-refractivity contribution in [1.82, 2.24) is 0 Å². The van der Waals surface area contributed by atoms with Crippen LogP contribution in [0.5, 0.6) is 0 Å². The van der Waals surface area contributed by atoms with Gasteiger partial charge in [0.15, 0.2) is 0 Å². The highest BCUT2D eigenvalue weighted by Gasteiger charge is 2.00. The third kappa shape index (κ3) is 3.89. The Morgan fingerprint density at radius 2 is 1.04 bits per heavy atom. The van der Waals surface area contributed by atoms with Gasteiger partial charge in [0.05, 0.1) is 0 Å². The van der Waals surface area contributed by atoms with E-state index in [0.717, 1.165) is 12.0 Å². The van der Waals surface area contributed by atoms with Gasteiger partial charge in [-0.05, 0) is 39.7 Å². The molecule has 0 heterocycles. The summed E-state index contributed by atoms with van der Waals surface area (Å²) in [5, 5.41) is 1.21. The summed E-state index contributed by atoms with van der Waals surface area (Å²) >= 11 is 0. The van der Waals surface area contributed by atoms with E-state index in [1.165, 1.54) is 27.6 Å². The zero-order valence-corrected chi connectivity index (χ0v) is 14.4. The molecule has 23 heavy (non-hydrogen) atoms. The summed E-state index contributed by atoms with van der Waals surface area (Å²) < 4.78 is 0. The highest BCUT2D eigenvalue weighted by Crippen LogP contribution is 2.24. The molecule has 1 heteroatoms. The molecule has 0 N–H and O–H groups in total. The Kier molecular flexibility index (Phi) is 4.92. The van der Waals surface area contributed by atoms with Gasteiger partial charge in [-0.3, -0.25) is 0 Å². The lowest BCUT2D eigenvalue weighted by molar-refractivity contribution is 1.28. The zero-order chi connectivity index (χ0) is 16.1. The molecule has 1 atom stereocenters. The predicted molar refractivity (Wildman–Crippen MR) is 104 cm³/mol. The first-order valence-corrected chi connectivity index (χ1v) is 8.39. The molecule has 0 bridgehead atoms. The molecule has 1 unspecified atom stereocenters. The molecule has 0 aliphatic carbocycles. The molecule has 0 fully saturated rings. The summed E-state index contributed by atoms with van der Waals surface area (Å²) in [6, 6.07) is 25.7. The second kappa shape index (κ2) is 7.28. The van der Waals surface area contributed by atoms with Crippen molar-refractivity contribution < 1.29 is 0 Å². The molecule has 0 radical (unpaired) electrons. The second-order valence-corrected chi connectivity index (χ2v) is 6.10. The maximum Gasteiger partial charge on any atom is 0.0245 e. The highest BCUT2D eigenvalue weighted by atomic mass is 31.0. The van der Waals surface area contributed by atoms with Crippen LogP contribution in [-0.2, 0) is 0 Å². The van der Waals surface area contributed by atoms with Crippen LogP contribution in [0.4, 0.5) is 0 Å². The SMILES string of the molecule is CCC#Cc1ccc(-c2ccc(-c3ccc(P)cc3)cc2)cc1. The van der Waals surface area contributed by atoms with Crippen molar-refractivity contribution in [1.29, 1.82) is 0 Å². The third-order valence-corrected chi connectivity index (χ3v) is 4.14. The van der Waals surface area contributed by atoms with Gasteiger partial charge in [-0.1, -0.05) is 79.4 Å². The van der Waals surface area contributed by atoms with Gasteiger partial charge in [0.2, 0.25) is 0 Å². The van der Waals surface area contributed by atoms with Crippen molar-refractivity contribution in [3.05, 3.63) is 78.4 Å². The standard InChI is InChI=1S/C22H19P/c1-2-3-4-17-5-7-18(8-6-17)19-9-11-20(12-10-19)21-13-15-22(23)16-14-21/h5-16H,2,23H2,1H3. The normalized spacial score (nSPS) is 10.0. The predicted octanol–water partition coefficient (Wildman–Crippen LogP) is 5.28. The molecular weight excluding hydrogens is 295 g/mol. The molecule has 0 aliphatic heterocycles. The van der Waals surface area contributed by atoms with Crippen molar-refractivity contribution in [3.63, 3.8) is 0 Å². The number of hydrogen-bond acceptors (Lipinski definition) is 0. The van der Waals surface area contributed by atoms with Gasteiger partial charge in [-0.25, -0.2) is 0 Å². The lowest BCUT2D eigenvalue weighted by Gasteiger charge is -2.06. The van der Waals surface area contributed by atoms with Crippen LogP contribution >= 0.6 is 9.24 Å². The molecule has 0 aliphatic rings. The van der Waals surface area contributed by atoms with E-state index >= 15 is 0 Å². The molecular formula is C22H19P. The van der Waals surface area contributed by atoms with Gasteiger partial charge >= 0.3 is 0 Å². The van der Waals surface area contributed by atoms with Gasteiger partial charge in [-0.2, -0.15) is 0 Å². The van der Waals surface area contributed by atoms with Gasteiger partial charge in [0, 0.05) is 12.0 Å². The molecule has 0 saturated heterocycles. The van der Waals surface area contributed by atoms with Crippen molar-refractivity contribution in [3.8, 4) is 34.1 Å². The average molecular weight is 314 g/mol. The van der Waals surface area contributed by atoms with E-state index in [4.69, 9.17) is 0 Å². The van der Waals surface area contributed by atoms with E-state index in [0.29, 0.717) is 0 Å². The van der Waals surface area contributed by atoms with E-state index in [-0.39, 0.29) is 0 Å². The summed E-state index contributed by atoms with van der Waals surface area (Å²) in [4.78, 5) is 0. The van der Waals surface area contributed by atoms with Crippen molar-refractivity contribution >= 4 is 14.5 Å². The van der Waals surface area contributed by atoms with Gasteiger partial charge < -0.3 is 0 Å². The van der Waals surface area contributed by atoms with Crippen LogP contribution in [0.1, 0.15) is 18.9 Å². The molecule has 0 spiro atoms. The fourth-order valence-corrected chi connectivity index (χ4v) is 2.66. The molecule has 0 saturated carbocycles. The molecule has 0 aromatic heterocycles.